The summed E-state index contributed by atoms with van der Waals surface area (Å²) in [6.07, 6.45) is 4.37. The monoisotopic (exact) mass is 526 g/mol. The van der Waals surface area contributed by atoms with Crippen molar-refractivity contribution in [3.05, 3.63) is 108 Å². The first-order chi connectivity index (χ1) is 18.9. The summed E-state index contributed by atoms with van der Waals surface area (Å²) in [5, 5.41) is 5.95. The summed E-state index contributed by atoms with van der Waals surface area (Å²) in [5.41, 5.74) is 3.04. The van der Waals surface area contributed by atoms with Gasteiger partial charge in [0, 0.05) is 45.1 Å². The third-order valence-electron chi connectivity index (χ3n) is 6.50. The van der Waals surface area contributed by atoms with E-state index in [1.165, 1.54) is 0 Å². The predicted molar refractivity (Wildman–Crippen MR) is 158 cm³/mol. The van der Waals surface area contributed by atoms with Crippen LogP contribution in [-0.2, 0) is 16.0 Å². The van der Waals surface area contributed by atoms with Gasteiger partial charge in [-0.2, -0.15) is 0 Å². The van der Waals surface area contributed by atoms with Gasteiger partial charge in [0.25, 0.3) is 5.91 Å². The Bertz CT molecular complexity index is 1230. The second-order valence-electron chi connectivity index (χ2n) is 9.25. The van der Waals surface area contributed by atoms with Gasteiger partial charge in [-0.3, -0.25) is 14.4 Å². The molecule has 7 heteroatoms. The largest absolute Gasteiger partial charge is 0.366 e. The molecule has 1 atom stereocenters. The lowest BCUT2D eigenvalue weighted by molar-refractivity contribution is -0.129. The molecule has 0 aliphatic carbocycles. The van der Waals surface area contributed by atoms with Crippen molar-refractivity contribution >= 4 is 29.1 Å². The van der Waals surface area contributed by atoms with E-state index in [0.717, 1.165) is 11.3 Å². The molecule has 1 heterocycles. The molecule has 3 aromatic carbocycles. The number of nitrogens with zero attached hydrogens (tertiary/aromatic N) is 2. The molecule has 1 unspecified atom stereocenters. The molecule has 204 valence electrons. The minimum Gasteiger partial charge on any atom is -0.366 e. The zero-order valence-corrected chi connectivity index (χ0v) is 23.0. The number of benzene rings is 3. The molecule has 1 saturated heterocycles. The highest BCUT2D eigenvalue weighted by Gasteiger charge is 2.25. The van der Waals surface area contributed by atoms with Gasteiger partial charge in [0.05, 0.1) is 11.4 Å². The number of para-hydroxylation sites is 2. The molecule has 3 amide bonds. The van der Waals surface area contributed by atoms with Crippen molar-refractivity contribution in [3.8, 4) is 0 Å². The number of rotatable bonds is 7. The summed E-state index contributed by atoms with van der Waals surface area (Å²) in [4.78, 5) is 42.0. The number of amides is 3. The molecule has 4 rings (SSSR count). The Morgan fingerprint density at radius 1 is 0.795 bits per heavy atom. The predicted octanol–water partition coefficient (Wildman–Crippen LogP) is 4.92. The van der Waals surface area contributed by atoms with Gasteiger partial charge in [0.15, 0.2) is 0 Å². The van der Waals surface area contributed by atoms with E-state index in [-0.39, 0.29) is 17.7 Å². The molecule has 7 nitrogen and oxygen atoms in total. The Morgan fingerprint density at radius 2 is 1.36 bits per heavy atom. The Labute approximate surface area is 231 Å². The van der Waals surface area contributed by atoms with Gasteiger partial charge < -0.3 is 20.4 Å². The lowest BCUT2D eigenvalue weighted by atomic mass is 10.0. The SMILES string of the molecule is C/C=C\C.CC(=O)N1CCN(c2ccccc2NC(=O)C(Cc2ccccc2)NC(=O)c2ccccc2)CC1. The molecular formula is C32H38N4O3. The van der Waals surface area contributed by atoms with Crippen molar-refractivity contribution in [3.63, 3.8) is 0 Å². The topological polar surface area (TPSA) is 81.8 Å². The van der Waals surface area contributed by atoms with E-state index in [1.54, 1.807) is 31.2 Å². The molecule has 3 aromatic rings. The molecule has 1 aliphatic rings. The first kappa shape index (κ1) is 29.2. The van der Waals surface area contributed by atoms with Gasteiger partial charge in [0.1, 0.15) is 6.04 Å². The zero-order valence-electron chi connectivity index (χ0n) is 23.0. The summed E-state index contributed by atoms with van der Waals surface area (Å²) in [7, 11) is 0. The van der Waals surface area contributed by atoms with E-state index in [4.69, 9.17) is 0 Å². The van der Waals surface area contributed by atoms with Gasteiger partial charge in [0.2, 0.25) is 11.8 Å². The van der Waals surface area contributed by atoms with Crippen LogP contribution in [0.25, 0.3) is 0 Å². The van der Waals surface area contributed by atoms with Crippen LogP contribution in [0.2, 0.25) is 0 Å². The zero-order chi connectivity index (χ0) is 28.0. The van der Waals surface area contributed by atoms with E-state index in [9.17, 15) is 14.4 Å². The molecule has 2 N–H and O–H groups in total. The second kappa shape index (κ2) is 15.1. The molecule has 0 spiro atoms. The molecule has 0 radical (unpaired) electrons. The summed E-state index contributed by atoms with van der Waals surface area (Å²) in [6, 6.07) is 25.4. The molecule has 39 heavy (non-hydrogen) atoms. The smallest absolute Gasteiger partial charge is 0.251 e. The number of carbonyl (C=O) groups excluding carboxylic acids is 3. The van der Waals surface area contributed by atoms with Crippen molar-refractivity contribution in [1.82, 2.24) is 10.2 Å². The number of hydrogen-bond acceptors (Lipinski definition) is 4. The second-order valence-corrected chi connectivity index (χ2v) is 9.25. The van der Waals surface area contributed by atoms with Gasteiger partial charge in [-0.05, 0) is 43.7 Å². The van der Waals surface area contributed by atoms with Crippen LogP contribution in [0.15, 0.2) is 97.1 Å². The molecule has 0 aromatic heterocycles. The van der Waals surface area contributed by atoms with Crippen LogP contribution in [0.3, 0.4) is 0 Å². The van der Waals surface area contributed by atoms with Gasteiger partial charge >= 0.3 is 0 Å². The van der Waals surface area contributed by atoms with E-state index in [1.807, 2.05) is 91.6 Å². The summed E-state index contributed by atoms with van der Waals surface area (Å²) in [5.74, 6) is -0.507. The van der Waals surface area contributed by atoms with Crippen LogP contribution < -0.4 is 15.5 Å². The van der Waals surface area contributed by atoms with E-state index < -0.39 is 6.04 Å². The maximum Gasteiger partial charge on any atom is 0.251 e. The Balaban J connectivity index is 0.000000983. The van der Waals surface area contributed by atoms with Crippen molar-refractivity contribution in [2.24, 2.45) is 0 Å². The number of anilines is 2. The first-order valence-electron chi connectivity index (χ1n) is 13.3. The van der Waals surface area contributed by atoms with Gasteiger partial charge in [-0.1, -0.05) is 72.8 Å². The maximum atomic E-state index is 13.5. The standard InChI is InChI=1S/C28H30N4O3.C4H8/c1-21(33)31-16-18-32(19-17-31)26-15-9-8-14-24(26)29-28(35)25(20-22-10-4-2-5-11-22)30-27(34)23-12-6-3-7-13-23;1-3-4-2/h2-15,25H,16-20H2,1H3,(H,29,35)(H,30,34);3-4H,1-2H3/b;4-3-. The van der Waals surface area contributed by atoms with Crippen molar-refractivity contribution in [2.75, 3.05) is 36.4 Å². The number of allylic oxidation sites excluding steroid dienone is 2. The Hall–Kier alpha value is -4.39. The Morgan fingerprint density at radius 3 is 1.95 bits per heavy atom. The highest BCUT2D eigenvalue weighted by Crippen LogP contribution is 2.27. The summed E-state index contributed by atoms with van der Waals surface area (Å²) >= 11 is 0. The average Bonchev–Trinajstić information content (AvgIpc) is 2.98. The number of hydrogen-bond donors (Lipinski definition) is 2. The fraction of sp³-hybridized carbons (Fsp3) is 0.281. The maximum absolute atomic E-state index is 13.5. The summed E-state index contributed by atoms with van der Waals surface area (Å²) < 4.78 is 0. The number of nitrogens with one attached hydrogen (secondary N) is 2. The van der Waals surface area contributed by atoms with Gasteiger partial charge in [-0.25, -0.2) is 0 Å². The first-order valence-corrected chi connectivity index (χ1v) is 13.3. The molecule has 0 bridgehead atoms. The molecule has 1 aliphatic heterocycles. The van der Waals surface area contributed by atoms with Crippen LogP contribution >= 0.6 is 0 Å². The van der Waals surface area contributed by atoms with Gasteiger partial charge in [-0.15, -0.1) is 0 Å². The highest BCUT2D eigenvalue weighted by molar-refractivity contribution is 6.02. The van der Waals surface area contributed by atoms with E-state index >= 15 is 0 Å². The minimum atomic E-state index is -0.757. The van der Waals surface area contributed by atoms with Crippen molar-refractivity contribution in [2.45, 2.75) is 33.2 Å². The third kappa shape index (κ3) is 8.85. The normalized spacial score (nSPS) is 13.7. The van der Waals surface area contributed by atoms with E-state index in [2.05, 4.69) is 15.5 Å². The van der Waals surface area contributed by atoms with E-state index in [0.29, 0.717) is 43.9 Å². The van der Waals surface area contributed by atoms with Crippen LogP contribution in [0.5, 0.6) is 0 Å². The molecular weight excluding hydrogens is 488 g/mol. The third-order valence-corrected chi connectivity index (χ3v) is 6.50. The number of piperazine rings is 1. The van der Waals surface area contributed by atoms with Crippen molar-refractivity contribution < 1.29 is 14.4 Å². The molecule has 0 saturated carbocycles. The quantitative estimate of drug-likeness (QED) is 0.429. The average molecular weight is 527 g/mol. The fourth-order valence-electron chi connectivity index (χ4n) is 4.23. The lowest BCUT2D eigenvalue weighted by Crippen LogP contribution is -2.48. The van der Waals surface area contributed by atoms with Crippen LogP contribution in [0, 0.1) is 0 Å². The minimum absolute atomic E-state index is 0.0733. The van der Waals surface area contributed by atoms with Crippen molar-refractivity contribution in [1.29, 1.82) is 0 Å². The van der Waals surface area contributed by atoms with Crippen LogP contribution in [0.4, 0.5) is 11.4 Å². The highest BCUT2D eigenvalue weighted by atomic mass is 16.2. The lowest BCUT2D eigenvalue weighted by Gasteiger charge is -2.36. The number of carbonyl (C=O) groups is 3. The Kier molecular flexibility index (Phi) is 11.3. The summed E-state index contributed by atoms with van der Waals surface area (Å²) in [6.45, 7) is 8.23. The fourth-order valence-corrected chi connectivity index (χ4v) is 4.23. The van der Waals surface area contributed by atoms with Crippen LogP contribution in [0.1, 0.15) is 36.7 Å². The van der Waals surface area contributed by atoms with Crippen LogP contribution in [-0.4, -0.2) is 54.8 Å². The molecule has 1 fully saturated rings.